The second-order valence-corrected chi connectivity index (χ2v) is 6.43. The maximum atomic E-state index is 10.7. The molecule has 1 amide bonds. The number of nitrogens with zero attached hydrogens (tertiary/aromatic N) is 3. The monoisotopic (exact) mass is 372 g/mol. The van der Waals surface area contributed by atoms with Gasteiger partial charge in [-0.1, -0.05) is 48.5 Å². The summed E-state index contributed by atoms with van der Waals surface area (Å²) in [5.74, 6) is 0.774. The van der Waals surface area contributed by atoms with Crippen molar-refractivity contribution in [3.05, 3.63) is 84.1 Å². The van der Waals surface area contributed by atoms with E-state index >= 15 is 0 Å². The zero-order valence-corrected chi connectivity index (χ0v) is 15.2. The van der Waals surface area contributed by atoms with Crippen LogP contribution in [0.1, 0.15) is 17.5 Å². The number of hydrogen-bond donors (Lipinski definition) is 2. The van der Waals surface area contributed by atoms with E-state index in [0.717, 1.165) is 34.0 Å². The highest BCUT2D eigenvalue weighted by Gasteiger charge is 2.24. The van der Waals surface area contributed by atoms with Gasteiger partial charge in [0.1, 0.15) is 5.69 Å². The van der Waals surface area contributed by atoms with Crippen LogP contribution in [0.2, 0.25) is 0 Å². The molecule has 2 heterocycles. The molecule has 0 unspecified atom stereocenters. The van der Waals surface area contributed by atoms with E-state index in [2.05, 4.69) is 39.5 Å². The predicted molar refractivity (Wildman–Crippen MR) is 110 cm³/mol. The van der Waals surface area contributed by atoms with Crippen molar-refractivity contribution in [1.82, 2.24) is 10.3 Å². The summed E-state index contributed by atoms with van der Waals surface area (Å²) in [5.41, 5.74) is 4.77. The third-order valence-corrected chi connectivity index (χ3v) is 4.59. The number of carboxylic acid groups (broad SMARTS) is 1. The molecule has 0 atom stereocenters. The van der Waals surface area contributed by atoms with Crippen molar-refractivity contribution in [3.63, 3.8) is 0 Å². The molecule has 0 saturated heterocycles. The van der Waals surface area contributed by atoms with E-state index in [4.69, 9.17) is 10.1 Å². The molecule has 1 aliphatic rings. The molecule has 6 heteroatoms. The highest BCUT2D eigenvalue weighted by molar-refractivity contribution is 6.18. The first-order chi connectivity index (χ1) is 13.7. The first kappa shape index (κ1) is 17.7. The average Bonchev–Trinajstić information content (AvgIpc) is 2.87. The molecule has 4 rings (SSSR count). The summed E-state index contributed by atoms with van der Waals surface area (Å²) in [5, 5.41) is 11.2. The molecule has 140 valence electrons. The van der Waals surface area contributed by atoms with E-state index in [0.29, 0.717) is 19.5 Å². The fourth-order valence-electron chi connectivity index (χ4n) is 3.36. The van der Waals surface area contributed by atoms with E-state index in [1.807, 2.05) is 42.5 Å². The third-order valence-electron chi connectivity index (χ3n) is 4.59. The van der Waals surface area contributed by atoms with Crippen molar-refractivity contribution in [2.24, 2.45) is 4.99 Å². The van der Waals surface area contributed by atoms with Crippen LogP contribution in [0.4, 0.5) is 22.0 Å². The standard InChI is InChI=1S/C22H20N4O2/c27-22(28)24-14-7-15-26-19-12-5-4-10-17(19)20(16-8-2-1-3-9-16)25-18-11-6-13-23-21(18)26/h1-6,8-13,24H,7,14-15H2,(H,27,28). The Morgan fingerprint density at radius 3 is 2.61 bits per heavy atom. The average molecular weight is 372 g/mol. The number of nitrogens with one attached hydrogen (secondary N) is 1. The Bertz CT molecular complexity index is 1020. The molecule has 0 aliphatic carbocycles. The highest BCUT2D eigenvalue weighted by Crippen LogP contribution is 2.38. The lowest BCUT2D eigenvalue weighted by atomic mass is 10.00. The lowest BCUT2D eigenvalue weighted by molar-refractivity contribution is 0.194. The van der Waals surface area contributed by atoms with Crippen LogP contribution in [0.3, 0.4) is 0 Å². The van der Waals surface area contributed by atoms with Crippen molar-refractivity contribution in [2.75, 3.05) is 18.0 Å². The zero-order chi connectivity index (χ0) is 19.3. The van der Waals surface area contributed by atoms with Gasteiger partial charge in [0.15, 0.2) is 5.82 Å². The number of fused-ring (bicyclic) bond motifs is 2. The Balaban J connectivity index is 1.79. The fraction of sp³-hybridized carbons (Fsp3) is 0.136. The lowest BCUT2D eigenvalue weighted by Gasteiger charge is -2.25. The summed E-state index contributed by atoms with van der Waals surface area (Å²) in [6.07, 6.45) is 1.40. The normalized spacial score (nSPS) is 12.4. The number of para-hydroxylation sites is 1. The fourth-order valence-corrected chi connectivity index (χ4v) is 3.36. The molecule has 3 aromatic rings. The SMILES string of the molecule is O=C(O)NCCCN1c2ccccc2C(c2ccccc2)=Nc2cccnc21. The van der Waals surface area contributed by atoms with E-state index < -0.39 is 6.09 Å². The maximum absolute atomic E-state index is 10.7. The molecule has 6 nitrogen and oxygen atoms in total. The van der Waals surface area contributed by atoms with Crippen molar-refractivity contribution in [3.8, 4) is 0 Å². The molecule has 0 spiro atoms. The molecule has 2 aromatic carbocycles. The van der Waals surface area contributed by atoms with E-state index in [1.165, 1.54) is 0 Å². The maximum Gasteiger partial charge on any atom is 0.404 e. The molecular weight excluding hydrogens is 352 g/mol. The van der Waals surface area contributed by atoms with E-state index in [-0.39, 0.29) is 0 Å². The highest BCUT2D eigenvalue weighted by atomic mass is 16.4. The number of anilines is 2. The van der Waals surface area contributed by atoms with Gasteiger partial charge in [-0.3, -0.25) is 0 Å². The predicted octanol–water partition coefficient (Wildman–Crippen LogP) is 4.36. The zero-order valence-electron chi connectivity index (χ0n) is 15.2. The minimum Gasteiger partial charge on any atom is -0.465 e. The molecule has 1 aliphatic heterocycles. The number of pyridine rings is 1. The number of aromatic nitrogens is 1. The van der Waals surface area contributed by atoms with Gasteiger partial charge in [-0.05, 0) is 24.6 Å². The van der Waals surface area contributed by atoms with Gasteiger partial charge >= 0.3 is 6.09 Å². The van der Waals surface area contributed by atoms with Gasteiger partial charge in [0.25, 0.3) is 0 Å². The summed E-state index contributed by atoms with van der Waals surface area (Å²) >= 11 is 0. The topological polar surface area (TPSA) is 77.8 Å². The van der Waals surface area contributed by atoms with Crippen molar-refractivity contribution < 1.29 is 9.90 Å². The minimum absolute atomic E-state index is 0.378. The summed E-state index contributed by atoms with van der Waals surface area (Å²) < 4.78 is 0. The second kappa shape index (κ2) is 7.92. The van der Waals surface area contributed by atoms with Gasteiger partial charge < -0.3 is 15.3 Å². The largest absolute Gasteiger partial charge is 0.465 e. The van der Waals surface area contributed by atoms with Crippen LogP contribution in [0.5, 0.6) is 0 Å². The van der Waals surface area contributed by atoms with Crippen LogP contribution in [0, 0.1) is 0 Å². The van der Waals surface area contributed by atoms with Crippen LogP contribution in [-0.4, -0.2) is 35.0 Å². The molecule has 0 saturated carbocycles. The second-order valence-electron chi connectivity index (χ2n) is 6.43. The van der Waals surface area contributed by atoms with Crippen molar-refractivity contribution in [1.29, 1.82) is 0 Å². The van der Waals surface area contributed by atoms with Gasteiger partial charge in [-0.15, -0.1) is 0 Å². The van der Waals surface area contributed by atoms with Crippen LogP contribution < -0.4 is 10.2 Å². The molecule has 1 aromatic heterocycles. The lowest BCUT2D eigenvalue weighted by Crippen LogP contribution is -2.27. The molecule has 2 N–H and O–H groups in total. The van der Waals surface area contributed by atoms with Crippen molar-refractivity contribution >= 4 is 29.0 Å². The van der Waals surface area contributed by atoms with Crippen LogP contribution in [0.25, 0.3) is 0 Å². The number of benzene rings is 2. The number of carbonyl (C=O) groups is 1. The first-order valence-electron chi connectivity index (χ1n) is 9.17. The first-order valence-corrected chi connectivity index (χ1v) is 9.17. The third kappa shape index (κ3) is 3.57. The van der Waals surface area contributed by atoms with Crippen molar-refractivity contribution in [2.45, 2.75) is 6.42 Å². The molecule has 0 bridgehead atoms. The Hall–Kier alpha value is -3.67. The Kier molecular flexibility index (Phi) is 5.01. The molecule has 28 heavy (non-hydrogen) atoms. The summed E-state index contributed by atoms with van der Waals surface area (Å²) in [6, 6.07) is 22.1. The number of amides is 1. The molecule has 0 fully saturated rings. The Labute approximate surface area is 163 Å². The van der Waals surface area contributed by atoms with E-state index in [9.17, 15) is 4.79 Å². The van der Waals surface area contributed by atoms with Gasteiger partial charge in [0.2, 0.25) is 0 Å². The Morgan fingerprint density at radius 2 is 1.79 bits per heavy atom. The van der Waals surface area contributed by atoms with Gasteiger partial charge in [-0.25, -0.2) is 14.8 Å². The van der Waals surface area contributed by atoms with E-state index in [1.54, 1.807) is 6.20 Å². The van der Waals surface area contributed by atoms with Gasteiger partial charge in [-0.2, -0.15) is 0 Å². The molecule has 0 radical (unpaired) electrons. The van der Waals surface area contributed by atoms with Gasteiger partial charge in [0.05, 0.1) is 11.4 Å². The summed E-state index contributed by atoms with van der Waals surface area (Å²) in [4.78, 5) is 22.4. The van der Waals surface area contributed by atoms with Gasteiger partial charge in [0, 0.05) is 30.4 Å². The van der Waals surface area contributed by atoms with Crippen LogP contribution >= 0.6 is 0 Å². The summed E-state index contributed by atoms with van der Waals surface area (Å²) in [7, 11) is 0. The van der Waals surface area contributed by atoms with Crippen LogP contribution in [0.15, 0.2) is 77.9 Å². The number of hydrogen-bond acceptors (Lipinski definition) is 4. The number of rotatable bonds is 5. The Morgan fingerprint density at radius 1 is 1.00 bits per heavy atom. The summed E-state index contributed by atoms with van der Waals surface area (Å²) in [6.45, 7) is 1.00. The number of aliphatic imine (C=N–C) groups is 1. The smallest absolute Gasteiger partial charge is 0.404 e. The quantitative estimate of drug-likeness (QED) is 0.652. The van der Waals surface area contributed by atoms with Crippen LogP contribution in [-0.2, 0) is 0 Å². The molecular formula is C22H20N4O2. The minimum atomic E-state index is -1.01.